The van der Waals surface area contributed by atoms with Crippen LogP contribution in [0, 0.1) is 0 Å². The Bertz CT molecular complexity index is 2310. The van der Waals surface area contributed by atoms with Crippen molar-refractivity contribution in [3.63, 3.8) is 0 Å². The minimum absolute atomic E-state index is 0.833. The van der Waals surface area contributed by atoms with Crippen LogP contribution < -0.4 is 0 Å². The van der Waals surface area contributed by atoms with Crippen LogP contribution in [0.1, 0.15) is 23.2 Å². The zero-order chi connectivity index (χ0) is 29.0. The fraction of sp³-hybridized carbons (Fsp3) is 0.0513. The first-order valence-corrected chi connectivity index (χ1v) is 15.7. The van der Waals surface area contributed by atoms with Crippen molar-refractivity contribution < 1.29 is 0 Å². The molecule has 0 saturated heterocycles. The molecule has 0 unspecified atom stereocenters. The van der Waals surface area contributed by atoms with Crippen LogP contribution in [0.4, 0.5) is 0 Å². The second-order valence-electron chi connectivity index (χ2n) is 11.2. The lowest BCUT2D eigenvalue weighted by Gasteiger charge is -2.19. The number of thiophene rings is 1. The number of hydrogen-bond acceptors (Lipinski definition) is 4. The van der Waals surface area contributed by atoms with E-state index in [1.165, 1.54) is 53.5 Å². The van der Waals surface area contributed by atoms with Crippen LogP contribution in [0.5, 0.6) is 0 Å². The summed E-state index contributed by atoms with van der Waals surface area (Å²) >= 11 is 1.88. The molecule has 3 aromatic carbocycles. The summed E-state index contributed by atoms with van der Waals surface area (Å²) in [6, 6.07) is 40.5. The fourth-order valence-electron chi connectivity index (χ4n) is 6.63. The Morgan fingerprint density at radius 1 is 0.591 bits per heavy atom. The summed E-state index contributed by atoms with van der Waals surface area (Å²) in [6.07, 6.45) is 8.00. The molecule has 208 valence electrons. The molecule has 0 fully saturated rings. The van der Waals surface area contributed by atoms with Gasteiger partial charge in [0.15, 0.2) is 0 Å². The summed E-state index contributed by atoms with van der Waals surface area (Å²) in [5.74, 6) is 0. The maximum Gasteiger partial charge on any atom is 0.0915 e. The van der Waals surface area contributed by atoms with Crippen LogP contribution >= 0.6 is 11.3 Å². The highest BCUT2D eigenvalue weighted by Gasteiger charge is 2.25. The number of benzene rings is 3. The molecule has 1 aliphatic carbocycles. The molecule has 5 heterocycles. The minimum Gasteiger partial charge on any atom is -0.311 e. The summed E-state index contributed by atoms with van der Waals surface area (Å²) < 4.78 is 5.11. The molecule has 0 bridgehead atoms. The van der Waals surface area contributed by atoms with Crippen molar-refractivity contribution in [1.82, 2.24) is 19.5 Å². The number of rotatable bonds is 4. The topological polar surface area (TPSA) is 43.6 Å². The average molecular weight is 583 g/mol. The van der Waals surface area contributed by atoms with Gasteiger partial charge in [-0.1, -0.05) is 72.8 Å². The van der Waals surface area contributed by atoms with E-state index in [9.17, 15) is 0 Å². The average Bonchev–Trinajstić information content (AvgIpc) is 3.65. The Labute approximate surface area is 258 Å². The molecule has 0 saturated carbocycles. The van der Waals surface area contributed by atoms with Crippen LogP contribution in [-0.2, 0) is 6.42 Å². The number of hydrogen-bond donors (Lipinski definition) is 0. The Balaban J connectivity index is 1.39. The van der Waals surface area contributed by atoms with Gasteiger partial charge in [0.05, 0.1) is 38.7 Å². The van der Waals surface area contributed by atoms with Gasteiger partial charge in [-0.25, -0.2) is 4.98 Å². The molecule has 0 amide bonds. The highest BCUT2D eigenvalue weighted by molar-refractivity contribution is 7.26. The van der Waals surface area contributed by atoms with Gasteiger partial charge < -0.3 is 4.57 Å². The number of allylic oxidation sites excluding steroid dienone is 1. The summed E-state index contributed by atoms with van der Waals surface area (Å²) in [5, 5.41) is 3.88. The van der Waals surface area contributed by atoms with Gasteiger partial charge in [0, 0.05) is 44.5 Å². The van der Waals surface area contributed by atoms with Gasteiger partial charge in [-0.05, 0) is 72.5 Å². The van der Waals surface area contributed by atoms with E-state index in [2.05, 4.69) is 99.5 Å². The quantitative estimate of drug-likeness (QED) is 0.207. The van der Waals surface area contributed by atoms with Crippen LogP contribution in [0.15, 0.2) is 128 Å². The van der Waals surface area contributed by atoms with Crippen LogP contribution in [0.2, 0.25) is 0 Å². The lowest BCUT2D eigenvalue weighted by atomic mass is 9.91. The maximum atomic E-state index is 5.08. The Kier molecular flexibility index (Phi) is 5.78. The number of pyridine rings is 3. The zero-order valence-electron chi connectivity index (χ0n) is 23.8. The van der Waals surface area contributed by atoms with Crippen molar-refractivity contribution >= 4 is 54.1 Å². The van der Waals surface area contributed by atoms with Crippen molar-refractivity contribution in [3.8, 4) is 28.5 Å². The zero-order valence-corrected chi connectivity index (χ0v) is 24.6. The van der Waals surface area contributed by atoms with E-state index in [1.807, 2.05) is 60.1 Å². The lowest BCUT2D eigenvalue weighted by Crippen LogP contribution is -2.06. The fourth-order valence-corrected chi connectivity index (χ4v) is 7.87. The van der Waals surface area contributed by atoms with E-state index in [0.29, 0.717) is 0 Å². The summed E-state index contributed by atoms with van der Waals surface area (Å²) in [6.45, 7) is 0. The van der Waals surface area contributed by atoms with Crippen LogP contribution in [0.25, 0.3) is 71.2 Å². The molecule has 44 heavy (non-hydrogen) atoms. The second-order valence-corrected chi connectivity index (χ2v) is 12.2. The van der Waals surface area contributed by atoms with Crippen molar-refractivity contribution in [3.05, 3.63) is 144 Å². The standard InChI is InChI=1S/C39H26N4S/c1-2-10-25(11-3-1)26-16-19-36-31(22-26)29-17-18-30-28-12-4-5-15-37(28)44-39(30)38(29)43(36)27-23-34(32-13-6-8-20-40-32)42-35(24-27)33-14-7-9-21-41-33/h1-15,17-18,20-24H,16,19H2. The molecular weight excluding hydrogens is 557 g/mol. The number of aromatic nitrogens is 4. The third-order valence-corrected chi connectivity index (χ3v) is 9.83. The lowest BCUT2D eigenvalue weighted by molar-refractivity contribution is 0.898. The highest BCUT2D eigenvalue weighted by atomic mass is 32.1. The summed E-state index contributed by atoms with van der Waals surface area (Å²) in [4.78, 5) is 14.4. The molecule has 9 rings (SSSR count). The predicted octanol–water partition coefficient (Wildman–Crippen LogP) is 10.0. The normalized spacial score (nSPS) is 13.0. The van der Waals surface area contributed by atoms with E-state index in [4.69, 9.17) is 4.98 Å². The van der Waals surface area contributed by atoms with E-state index in [1.54, 1.807) is 0 Å². The van der Waals surface area contributed by atoms with Gasteiger partial charge in [0.2, 0.25) is 0 Å². The van der Waals surface area contributed by atoms with Gasteiger partial charge in [-0.3, -0.25) is 9.97 Å². The predicted molar refractivity (Wildman–Crippen MR) is 183 cm³/mol. The number of fused-ring (bicyclic) bond motifs is 7. The van der Waals surface area contributed by atoms with E-state index < -0.39 is 0 Å². The Hall–Kier alpha value is -5.39. The van der Waals surface area contributed by atoms with Gasteiger partial charge in [0.25, 0.3) is 0 Å². The smallest absolute Gasteiger partial charge is 0.0915 e. The van der Waals surface area contributed by atoms with Gasteiger partial charge in [-0.2, -0.15) is 0 Å². The van der Waals surface area contributed by atoms with Crippen LogP contribution in [-0.4, -0.2) is 19.5 Å². The third-order valence-electron chi connectivity index (χ3n) is 8.63. The van der Waals surface area contributed by atoms with Gasteiger partial charge in [-0.15, -0.1) is 11.3 Å². The van der Waals surface area contributed by atoms with Crippen molar-refractivity contribution in [2.24, 2.45) is 0 Å². The molecule has 1 aliphatic rings. The molecule has 5 heteroatoms. The molecule has 0 spiro atoms. The first-order valence-electron chi connectivity index (χ1n) is 14.9. The molecule has 0 aliphatic heterocycles. The third kappa shape index (κ3) is 4.01. The molecule has 4 nitrogen and oxygen atoms in total. The minimum atomic E-state index is 0.833. The number of nitrogens with zero attached hydrogens (tertiary/aromatic N) is 4. The van der Waals surface area contributed by atoms with E-state index in [-0.39, 0.29) is 0 Å². The van der Waals surface area contributed by atoms with E-state index >= 15 is 0 Å². The maximum absolute atomic E-state index is 5.08. The molecule has 0 N–H and O–H groups in total. The first kappa shape index (κ1) is 25.1. The molecule has 0 radical (unpaired) electrons. The SMILES string of the molecule is C1=C(c2ccccc2)CCc2c1c1ccc3c4ccccc4sc3c1n2-c1cc(-c2ccccn2)nc(-c2ccccn2)c1. The molecule has 0 atom stereocenters. The Morgan fingerprint density at radius 3 is 2.00 bits per heavy atom. The summed E-state index contributed by atoms with van der Waals surface area (Å²) in [5.41, 5.74) is 11.0. The van der Waals surface area contributed by atoms with Crippen molar-refractivity contribution in [2.45, 2.75) is 12.8 Å². The molecule has 5 aromatic heterocycles. The Morgan fingerprint density at radius 2 is 1.27 bits per heavy atom. The monoisotopic (exact) mass is 582 g/mol. The second kappa shape index (κ2) is 10.1. The van der Waals surface area contributed by atoms with Gasteiger partial charge in [0.1, 0.15) is 0 Å². The van der Waals surface area contributed by atoms with Crippen molar-refractivity contribution in [1.29, 1.82) is 0 Å². The van der Waals surface area contributed by atoms with Crippen LogP contribution in [0.3, 0.4) is 0 Å². The van der Waals surface area contributed by atoms with Crippen molar-refractivity contribution in [2.75, 3.05) is 0 Å². The van der Waals surface area contributed by atoms with E-state index in [0.717, 1.165) is 41.3 Å². The molecular formula is C39H26N4S. The molecule has 8 aromatic rings. The first-order chi connectivity index (χ1) is 21.8. The largest absolute Gasteiger partial charge is 0.311 e. The summed E-state index contributed by atoms with van der Waals surface area (Å²) in [7, 11) is 0. The van der Waals surface area contributed by atoms with Gasteiger partial charge >= 0.3 is 0 Å². The highest BCUT2D eigenvalue weighted by Crippen LogP contribution is 2.45.